The van der Waals surface area contributed by atoms with E-state index in [0.717, 1.165) is 12.1 Å². The molecule has 0 radical (unpaired) electrons. The number of piperidine rings is 1. The zero-order valence-electron chi connectivity index (χ0n) is 20.2. The largest absolute Gasteiger partial charge is 0.481 e. The molecule has 2 aromatic carbocycles. The molecular formula is C26H25F3N4O4. The fourth-order valence-corrected chi connectivity index (χ4v) is 4.13. The second kappa shape index (κ2) is 10.9. The van der Waals surface area contributed by atoms with Crippen LogP contribution in [0.15, 0.2) is 54.6 Å². The third-order valence-electron chi connectivity index (χ3n) is 6.12. The van der Waals surface area contributed by atoms with Gasteiger partial charge in [-0.05, 0) is 43.2 Å². The van der Waals surface area contributed by atoms with Gasteiger partial charge in [-0.15, -0.1) is 0 Å². The maximum atomic E-state index is 13.3. The van der Waals surface area contributed by atoms with Crippen LogP contribution in [0.1, 0.15) is 50.9 Å². The number of amides is 2. The topological polar surface area (TPSA) is 93.7 Å². The number of hydrogen-bond donors (Lipinski definition) is 1. The average Bonchev–Trinajstić information content (AvgIpc) is 2.92. The molecule has 0 aliphatic carbocycles. The Kier molecular flexibility index (Phi) is 7.61. The van der Waals surface area contributed by atoms with Crippen molar-refractivity contribution in [2.45, 2.75) is 24.9 Å². The Balaban J connectivity index is 1.46. The Bertz CT molecular complexity index is 1270. The number of rotatable bonds is 6. The Labute approximate surface area is 211 Å². The predicted molar refractivity (Wildman–Crippen MR) is 129 cm³/mol. The van der Waals surface area contributed by atoms with Crippen molar-refractivity contribution in [3.8, 4) is 11.8 Å². The highest BCUT2D eigenvalue weighted by molar-refractivity contribution is 6.09. The predicted octanol–water partition coefficient (Wildman–Crippen LogP) is 4.78. The molecule has 1 aliphatic heterocycles. The van der Waals surface area contributed by atoms with Gasteiger partial charge in [-0.3, -0.25) is 9.59 Å². The van der Waals surface area contributed by atoms with Crippen LogP contribution in [0.2, 0.25) is 0 Å². The van der Waals surface area contributed by atoms with Crippen molar-refractivity contribution in [2.75, 3.05) is 32.6 Å². The van der Waals surface area contributed by atoms with E-state index in [-0.39, 0.29) is 28.6 Å². The summed E-state index contributed by atoms with van der Waals surface area (Å²) in [4.78, 5) is 36.5. The molecule has 0 spiro atoms. The minimum atomic E-state index is -4.57. The fourth-order valence-electron chi connectivity index (χ4n) is 4.13. The first-order valence-corrected chi connectivity index (χ1v) is 11.5. The smallest absolute Gasteiger partial charge is 0.416 e. The van der Waals surface area contributed by atoms with E-state index >= 15 is 0 Å². The summed E-state index contributed by atoms with van der Waals surface area (Å²) in [5.41, 5.74) is -0.616. The lowest BCUT2D eigenvalue weighted by Gasteiger charge is -2.32. The number of methoxy groups -OCH3 is 2. The number of benzene rings is 2. The SMILES string of the molecule is COc1cc(OC)nc(C2CCN(C(=O)c3ccccc3NC(=O)c3cccc(C(F)(F)F)c3)CC2)n1. The van der Waals surface area contributed by atoms with Crippen LogP contribution in [0, 0.1) is 0 Å². The van der Waals surface area contributed by atoms with Crippen LogP contribution < -0.4 is 14.8 Å². The van der Waals surface area contributed by atoms with Crippen molar-refractivity contribution >= 4 is 17.5 Å². The highest BCUT2D eigenvalue weighted by atomic mass is 19.4. The van der Waals surface area contributed by atoms with Gasteiger partial charge in [0.05, 0.1) is 37.1 Å². The quantitative estimate of drug-likeness (QED) is 0.509. The lowest BCUT2D eigenvalue weighted by atomic mass is 9.95. The van der Waals surface area contributed by atoms with E-state index in [1.54, 1.807) is 35.2 Å². The molecule has 0 atom stereocenters. The van der Waals surface area contributed by atoms with Gasteiger partial charge in [0.1, 0.15) is 5.82 Å². The van der Waals surface area contributed by atoms with Crippen LogP contribution >= 0.6 is 0 Å². The van der Waals surface area contributed by atoms with Gasteiger partial charge in [0.2, 0.25) is 11.8 Å². The van der Waals surface area contributed by atoms with Crippen LogP contribution in [0.3, 0.4) is 0 Å². The number of halogens is 3. The molecule has 37 heavy (non-hydrogen) atoms. The molecule has 3 aromatic rings. The van der Waals surface area contributed by atoms with Crippen LogP contribution in [0.5, 0.6) is 11.8 Å². The molecule has 1 aromatic heterocycles. The van der Waals surface area contributed by atoms with Crippen LogP contribution in [0.25, 0.3) is 0 Å². The van der Waals surface area contributed by atoms with Gasteiger partial charge in [0, 0.05) is 24.6 Å². The van der Waals surface area contributed by atoms with E-state index in [0.29, 0.717) is 43.5 Å². The Hall–Kier alpha value is -4.15. The van der Waals surface area contributed by atoms with Crippen molar-refractivity contribution in [1.82, 2.24) is 14.9 Å². The standard InChI is InChI=1S/C26H25F3N4O4/c1-36-21-15-22(37-2)32-23(31-21)16-10-12-33(13-11-16)25(35)19-8-3-4-9-20(19)30-24(34)17-6-5-7-18(14-17)26(27,28)29/h3-9,14-16H,10-13H2,1-2H3,(H,30,34). The molecular weight excluding hydrogens is 489 g/mol. The van der Waals surface area contributed by atoms with Crippen molar-refractivity contribution in [3.05, 3.63) is 77.1 Å². The number of ether oxygens (including phenoxy) is 2. The van der Waals surface area contributed by atoms with Gasteiger partial charge >= 0.3 is 6.18 Å². The third-order valence-corrected chi connectivity index (χ3v) is 6.12. The zero-order chi connectivity index (χ0) is 26.6. The molecule has 1 fully saturated rings. The molecule has 2 amide bonds. The van der Waals surface area contributed by atoms with E-state index in [1.807, 2.05) is 0 Å². The highest BCUT2D eigenvalue weighted by Gasteiger charge is 2.31. The Morgan fingerprint density at radius 3 is 2.22 bits per heavy atom. The first-order valence-electron chi connectivity index (χ1n) is 11.5. The molecule has 0 bridgehead atoms. The minimum Gasteiger partial charge on any atom is -0.481 e. The number of nitrogens with zero attached hydrogens (tertiary/aromatic N) is 3. The molecule has 4 rings (SSSR count). The summed E-state index contributed by atoms with van der Waals surface area (Å²) in [5.74, 6) is 0.342. The number of para-hydroxylation sites is 1. The Morgan fingerprint density at radius 2 is 1.59 bits per heavy atom. The summed E-state index contributed by atoms with van der Waals surface area (Å²) in [6, 6.07) is 12.1. The molecule has 0 saturated carbocycles. The normalized spacial score (nSPS) is 14.2. The van der Waals surface area contributed by atoms with Gasteiger partial charge in [-0.2, -0.15) is 23.1 Å². The minimum absolute atomic E-state index is 0.00362. The van der Waals surface area contributed by atoms with Crippen molar-refractivity contribution in [2.24, 2.45) is 0 Å². The summed E-state index contributed by atoms with van der Waals surface area (Å²) in [6.45, 7) is 0.866. The molecule has 0 unspecified atom stereocenters. The lowest BCUT2D eigenvalue weighted by Crippen LogP contribution is -2.38. The van der Waals surface area contributed by atoms with Crippen LogP contribution in [0.4, 0.5) is 18.9 Å². The lowest BCUT2D eigenvalue weighted by molar-refractivity contribution is -0.137. The third kappa shape index (κ3) is 5.99. The molecule has 2 heterocycles. The maximum absolute atomic E-state index is 13.3. The summed E-state index contributed by atoms with van der Waals surface area (Å²) in [7, 11) is 3.02. The second-order valence-corrected chi connectivity index (χ2v) is 8.46. The van der Waals surface area contributed by atoms with E-state index in [9.17, 15) is 22.8 Å². The van der Waals surface area contributed by atoms with E-state index in [1.165, 1.54) is 26.4 Å². The van der Waals surface area contributed by atoms with Gasteiger partial charge in [-0.25, -0.2) is 0 Å². The maximum Gasteiger partial charge on any atom is 0.416 e. The molecule has 194 valence electrons. The average molecular weight is 515 g/mol. The summed E-state index contributed by atoms with van der Waals surface area (Å²) in [5, 5.41) is 2.58. The summed E-state index contributed by atoms with van der Waals surface area (Å²) >= 11 is 0. The second-order valence-electron chi connectivity index (χ2n) is 8.46. The van der Waals surface area contributed by atoms with Gasteiger partial charge in [0.25, 0.3) is 11.8 Å². The van der Waals surface area contributed by atoms with Gasteiger partial charge < -0.3 is 19.7 Å². The van der Waals surface area contributed by atoms with E-state index in [2.05, 4.69) is 15.3 Å². The fraction of sp³-hybridized carbons (Fsp3) is 0.308. The van der Waals surface area contributed by atoms with Gasteiger partial charge in [-0.1, -0.05) is 18.2 Å². The monoisotopic (exact) mass is 514 g/mol. The van der Waals surface area contributed by atoms with Crippen LogP contribution in [-0.2, 0) is 6.18 Å². The number of aromatic nitrogens is 2. The molecule has 1 aliphatic rings. The first-order chi connectivity index (χ1) is 17.7. The van der Waals surface area contributed by atoms with Crippen molar-refractivity contribution in [1.29, 1.82) is 0 Å². The number of carbonyl (C=O) groups excluding carboxylic acids is 2. The molecule has 8 nitrogen and oxygen atoms in total. The molecule has 1 saturated heterocycles. The summed E-state index contributed by atoms with van der Waals surface area (Å²) < 4.78 is 49.6. The number of alkyl halides is 3. The number of anilines is 1. The van der Waals surface area contributed by atoms with Crippen LogP contribution in [-0.4, -0.2) is 54.0 Å². The number of hydrogen-bond acceptors (Lipinski definition) is 6. The number of nitrogens with one attached hydrogen (secondary N) is 1. The molecule has 1 N–H and O–H groups in total. The highest BCUT2D eigenvalue weighted by Crippen LogP contribution is 2.31. The van der Waals surface area contributed by atoms with Crippen molar-refractivity contribution in [3.63, 3.8) is 0 Å². The Morgan fingerprint density at radius 1 is 0.946 bits per heavy atom. The van der Waals surface area contributed by atoms with E-state index in [4.69, 9.17) is 9.47 Å². The summed E-state index contributed by atoms with van der Waals surface area (Å²) in [6.07, 6.45) is -3.35. The zero-order valence-corrected chi connectivity index (χ0v) is 20.2. The van der Waals surface area contributed by atoms with Crippen molar-refractivity contribution < 1.29 is 32.2 Å². The molecule has 11 heteroatoms. The van der Waals surface area contributed by atoms with Gasteiger partial charge in [0.15, 0.2) is 0 Å². The number of carbonyl (C=O) groups is 2. The van der Waals surface area contributed by atoms with E-state index < -0.39 is 17.6 Å². The first kappa shape index (κ1) is 25.9. The number of likely N-dealkylation sites (tertiary alicyclic amines) is 1.